The topological polar surface area (TPSA) is 15.3 Å². The molecule has 2 heterocycles. The third kappa shape index (κ3) is 3.21. The first-order valence-corrected chi connectivity index (χ1v) is 8.72. The van der Waals surface area contributed by atoms with Crippen LogP contribution in [0.4, 0.5) is 0 Å². The zero-order valence-corrected chi connectivity index (χ0v) is 12.8. The Labute approximate surface area is 121 Å². The molecule has 106 valence electrons. The van der Waals surface area contributed by atoms with Crippen molar-refractivity contribution in [1.29, 1.82) is 0 Å². The van der Waals surface area contributed by atoms with E-state index in [1.165, 1.54) is 63.7 Å². The molecule has 1 aliphatic carbocycles. The summed E-state index contributed by atoms with van der Waals surface area (Å²) < 4.78 is 0. The molecule has 3 rings (SSSR count). The second kappa shape index (κ2) is 5.94. The van der Waals surface area contributed by atoms with Gasteiger partial charge < -0.3 is 5.32 Å². The molecule has 2 nitrogen and oxygen atoms in total. The molecule has 0 aromatic carbocycles. The minimum absolute atomic E-state index is 0.444. The van der Waals surface area contributed by atoms with Crippen molar-refractivity contribution in [2.45, 2.75) is 57.0 Å². The molecule has 2 fully saturated rings. The smallest absolute Gasteiger partial charge is 0.0308 e. The minimum Gasteiger partial charge on any atom is -0.310 e. The fourth-order valence-corrected chi connectivity index (χ4v) is 4.48. The van der Waals surface area contributed by atoms with Crippen molar-refractivity contribution in [2.75, 3.05) is 19.6 Å². The maximum absolute atomic E-state index is 3.86. The van der Waals surface area contributed by atoms with E-state index in [1.807, 2.05) is 11.3 Å². The maximum atomic E-state index is 3.86. The zero-order valence-electron chi connectivity index (χ0n) is 12.0. The highest BCUT2D eigenvalue weighted by Gasteiger charge is 2.37. The van der Waals surface area contributed by atoms with E-state index in [4.69, 9.17) is 0 Å². The molecule has 1 aliphatic heterocycles. The standard InChI is InChI=1S/C16H26N2S/c1-14(11-15-5-10-19-12-15)18-9-4-8-17-16(13-18)6-2-3-7-16/h5,10,12,14,17H,2-4,6-9,11,13H2,1H3. The van der Waals surface area contributed by atoms with Crippen LogP contribution in [0.15, 0.2) is 16.8 Å². The van der Waals surface area contributed by atoms with Gasteiger partial charge in [0.15, 0.2) is 0 Å². The summed E-state index contributed by atoms with van der Waals surface area (Å²) in [6.45, 7) is 6.14. The van der Waals surface area contributed by atoms with Crippen LogP contribution >= 0.6 is 11.3 Å². The van der Waals surface area contributed by atoms with E-state index in [0.717, 1.165) is 0 Å². The van der Waals surface area contributed by atoms with Gasteiger partial charge in [0.1, 0.15) is 0 Å². The Morgan fingerprint density at radius 3 is 2.95 bits per heavy atom. The van der Waals surface area contributed by atoms with Gasteiger partial charge in [-0.2, -0.15) is 11.3 Å². The summed E-state index contributed by atoms with van der Waals surface area (Å²) in [4.78, 5) is 2.74. The molecule has 2 aliphatic rings. The number of nitrogens with one attached hydrogen (secondary N) is 1. The summed E-state index contributed by atoms with van der Waals surface area (Å²) in [5.74, 6) is 0. The summed E-state index contributed by atoms with van der Waals surface area (Å²) >= 11 is 1.82. The summed E-state index contributed by atoms with van der Waals surface area (Å²) in [6, 6.07) is 2.95. The van der Waals surface area contributed by atoms with E-state index < -0.39 is 0 Å². The van der Waals surface area contributed by atoms with Crippen molar-refractivity contribution in [1.82, 2.24) is 10.2 Å². The maximum Gasteiger partial charge on any atom is 0.0308 e. The molecule has 3 heteroatoms. The highest BCUT2D eigenvalue weighted by Crippen LogP contribution is 2.32. The highest BCUT2D eigenvalue weighted by atomic mass is 32.1. The second-order valence-corrected chi connectivity index (χ2v) is 7.20. The van der Waals surface area contributed by atoms with Crippen LogP contribution in [0, 0.1) is 0 Å². The molecule has 1 spiro atoms. The lowest BCUT2D eigenvalue weighted by molar-refractivity contribution is 0.164. The average Bonchev–Trinajstić information content (AvgIpc) is 3.00. The number of hydrogen-bond acceptors (Lipinski definition) is 3. The summed E-state index contributed by atoms with van der Waals surface area (Å²) in [6.07, 6.45) is 8.11. The van der Waals surface area contributed by atoms with Crippen LogP contribution in [0.25, 0.3) is 0 Å². The van der Waals surface area contributed by atoms with Crippen LogP contribution in [-0.4, -0.2) is 36.1 Å². The van der Waals surface area contributed by atoms with Gasteiger partial charge in [-0.25, -0.2) is 0 Å². The molecule has 1 aromatic heterocycles. The Hall–Kier alpha value is -0.380. The van der Waals surface area contributed by atoms with Gasteiger partial charge in [0, 0.05) is 18.1 Å². The van der Waals surface area contributed by atoms with Crippen molar-refractivity contribution in [2.24, 2.45) is 0 Å². The van der Waals surface area contributed by atoms with Gasteiger partial charge in [-0.05, 0) is 68.1 Å². The lowest BCUT2D eigenvalue weighted by atomic mass is 9.96. The van der Waals surface area contributed by atoms with Gasteiger partial charge in [-0.15, -0.1) is 0 Å². The van der Waals surface area contributed by atoms with Crippen molar-refractivity contribution in [3.8, 4) is 0 Å². The predicted octanol–water partition coefficient (Wildman–Crippen LogP) is 3.29. The van der Waals surface area contributed by atoms with Crippen LogP contribution in [0.2, 0.25) is 0 Å². The Morgan fingerprint density at radius 2 is 2.21 bits per heavy atom. The molecule has 19 heavy (non-hydrogen) atoms. The predicted molar refractivity (Wildman–Crippen MR) is 82.9 cm³/mol. The van der Waals surface area contributed by atoms with Crippen LogP contribution in [0.3, 0.4) is 0 Å². The summed E-state index contributed by atoms with van der Waals surface area (Å²) in [5.41, 5.74) is 1.95. The fourth-order valence-electron chi connectivity index (χ4n) is 3.80. The van der Waals surface area contributed by atoms with E-state index in [-0.39, 0.29) is 0 Å². The minimum atomic E-state index is 0.444. The zero-order chi connectivity index (χ0) is 13.1. The van der Waals surface area contributed by atoms with Gasteiger partial charge in [0.2, 0.25) is 0 Å². The van der Waals surface area contributed by atoms with E-state index in [0.29, 0.717) is 11.6 Å². The average molecular weight is 278 g/mol. The number of nitrogens with zero attached hydrogens (tertiary/aromatic N) is 1. The molecular formula is C16H26N2S. The first-order chi connectivity index (χ1) is 9.27. The molecule has 1 unspecified atom stereocenters. The largest absolute Gasteiger partial charge is 0.310 e. The van der Waals surface area contributed by atoms with Crippen LogP contribution in [0.5, 0.6) is 0 Å². The van der Waals surface area contributed by atoms with Crippen molar-refractivity contribution < 1.29 is 0 Å². The van der Waals surface area contributed by atoms with E-state index in [2.05, 4.69) is 34.0 Å². The lowest BCUT2D eigenvalue weighted by Gasteiger charge is -2.36. The summed E-state index contributed by atoms with van der Waals surface area (Å²) in [5, 5.41) is 8.36. The second-order valence-electron chi connectivity index (χ2n) is 6.42. The quantitative estimate of drug-likeness (QED) is 0.913. The molecule has 1 N–H and O–H groups in total. The molecule has 0 bridgehead atoms. The number of thiophene rings is 1. The Kier molecular flexibility index (Phi) is 4.25. The first kappa shape index (κ1) is 13.6. The van der Waals surface area contributed by atoms with Gasteiger partial charge in [-0.1, -0.05) is 12.8 Å². The number of hydrogen-bond donors (Lipinski definition) is 1. The highest BCUT2D eigenvalue weighted by molar-refractivity contribution is 7.07. The van der Waals surface area contributed by atoms with E-state index in [1.54, 1.807) is 0 Å². The van der Waals surface area contributed by atoms with Crippen molar-refractivity contribution in [3.63, 3.8) is 0 Å². The molecule has 1 saturated heterocycles. The van der Waals surface area contributed by atoms with Crippen LogP contribution in [-0.2, 0) is 6.42 Å². The fraction of sp³-hybridized carbons (Fsp3) is 0.750. The van der Waals surface area contributed by atoms with Gasteiger partial charge in [-0.3, -0.25) is 4.90 Å². The third-order valence-corrected chi connectivity index (χ3v) is 5.66. The molecule has 0 radical (unpaired) electrons. The molecule has 1 aromatic rings. The Morgan fingerprint density at radius 1 is 1.37 bits per heavy atom. The first-order valence-electron chi connectivity index (χ1n) is 7.78. The SMILES string of the molecule is CC(Cc1ccsc1)N1CCCNC2(CCCC2)C1. The Bertz CT molecular complexity index is 381. The molecular weight excluding hydrogens is 252 g/mol. The van der Waals surface area contributed by atoms with Crippen LogP contribution in [0.1, 0.15) is 44.6 Å². The van der Waals surface area contributed by atoms with Crippen LogP contribution < -0.4 is 5.32 Å². The van der Waals surface area contributed by atoms with E-state index >= 15 is 0 Å². The summed E-state index contributed by atoms with van der Waals surface area (Å²) in [7, 11) is 0. The number of rotatable bonds is 3. The van der Waals surface area contributed by atoms with Gasteiger partial charge in [0.05, 0.1) is 0 Å². The third-order valence-electron chi connectivity index (χ3n) is 4.92. The molecule has 1 saturated carbocycles. The van der Waals surface area contributed by atoms with E-state index in [9.17, 15) is 0 Å². The molecule has 1 atom stereocenters. The lowest BCUT2D eigenvalue weighted by Crippen LogP contribution is -2.51. The van der Waals surface area contributed by atoms with Crippen molar-refractivity contribution in [3.05, 3.63) is 22.4 Å². The van der Waals surface area contributed by atoms with Crippen molar-refractivity contribution >= 4 is 11.3 Å². The van der Waals surface area contributed by atoms with Gasteiger partial charge >= 0.3 is 0 Å². The van der Waals surface area contributed by atoms with Gasteiger partial charge in [0.25, 0.3) is 0 Å². The monoisotopic (exact) mass is 278 g/mol. The Balaban J connectivity index is 1.65. The normalized spacial score (nSPS) is 25.5. The molecule has 0 amide bonds.